The molecule has 168 valence electrons. The summed E-state index contributed by atoms with van der Waals surface area (Å²) in [7, 11) is 0. The second-order valence-corrected chi connectivity index (χ2v) is 7.81. The van der Waals surface area contributed by atoms with Gasteiger partial charge in [0.1, 0.15) is 11.8 Å². The highest BCUT2D eigenvalue weighted by Gasteiger charge is 2.22. The van der Waals surface area contributed by atoms with Gasteiger partial charge in [0.05, 0.1) is 33.5 Å². The van der Waals surface area contributed by atoms with Crippen molar-refractivity contribution in [2.24, 2.45) is 0 Å². The number of Topliss-reactive ketones (excluding diaryl/α,β-unsaturated/α-hetero) is 1. The van der Waals surface area contributed by atoms with Crippen molar-refractivity contribution in [2.45, 2.75) is 19.4 Å². The summed E-state index contributed by atoms with van der Waals surface area (Å²) in [4.78, 5) is 24.0. The van der Waals surface area contributed by atoms with Crippen molar-refractivity contribution < 1.29 is 14.8 Å². The maximum atomic E-state index is 13.2. The van der Waals surface area contributed by atoms with Crippen molar-refractivity contribution in [1.82, 2.24) is 9.78 Å². The molecular formula is C26H20N4O4. The Morgan fingerprint density at radius 1 is 1.12 bits per heavy atom. The van der Waals surface area contributed by atoms with E-state index < -0.39 is 11.0 Å². The van der Waals surface area contributed by atoms with E-state index in [1.165, 1.54) is 16.8 Å². The number of aliphatic hydroxyl groups excluding tert-OH is 1. The molecule has 0 bridgehead atoms. The van der Waals surface area contributed by atoms with Gasteiger partial charge in [-0.2, -0.15) is 10.4 Å². The van der Waals surface area contributed by atoms with Crippen LogP contribution in [-0.4, -0.2) is 25.6 Å². The van der Waals surface area contributed by atoms with Crippen LogP contribution in [0.3, 0.4) is 0 Å². The minimum atomic E-state index is -1.21. The van der Waals surface area contributed by atoms with E-state index in [2.05, 4.69) is 11.2 Å². The van der Waals surface area contributed by atoms with E-state index in [1.807, 2.05) is 0 Å². The van der Waals surface area contributed by atoms with Crippen molar-refractivity contribution in [1.29, 1.82) is 5.26 Å². The van der Waals surface area contributed by atoms with Crippen molar-refractivity contribution >= 4 is 11.5 Å². The van der Waals surface area contributed by atoms with Crippen LogP contribution in [0.15, 0.2) is 78.9 Å². The van der Waals surface area contributed by atoms with Crippen LogP contribution in [0.1, 0.15) is 44.5 Å². The van der Waals surface area contributed by atoms with Gasteiger partial charge in [-0.3, -0.25) is 14.9 Å². The zero-order valence-corrected chi connectivity index (χ0v) is 18.3. The molecule has 34 heavy (non-hydrogen) atoms. The van der Waals surface area contributed by atoms with Crippen LogP contribution >= 0.6 is 0 Å². The highest BCUT2D eigenvalue weighted by atomic mass is 16.6. The summed E-state index contributed by atoms with van der Waals surface area (Å²) in [6.07, 6.45) is -1.17. The Morgan fingerprint density at radius 3 is 2.65 bits per heavy atom. The van der Waals surface area contributed by atoms with Crippen molar-refractivity contribution in [3.63, 3.8) is 0 Å². The average Bonchev–Trinajstić information content (AvgIpc) is 3.25. The minimum absolute atomic E-state index is 0.0422. The predicted molar refractivity (Wildman–Crippen MR) is 125 cm³/mol. The minimum Gasteiger partial charge on any atom is -0.383 e. The van der Waals surface area contributed by atoms with Crippen molar-refractivity contribution in [3.8, 4) is 11.8 Å². The molecule has 0 spiro atoms. The monoisotopic (exact) mass is 452 g/mol. The number of nitro benzene ring substituents is 1. The van der Waals surface area contributed by atoms with E-state index in [1.54, 1.807) is 73.7 Å². The third-order valence-electron chi connectivity index (χ3n) is 5.40. The fourth-order valence-corrected chi connectivity index (χ4v) is 3.82. The van der Waals surface area contributed by atoms with Gasteiger partial charge in [-0.15, -0.1) is 0 Å². The SMILES string of the molecule is Cc1cc(C(=O)Cc2cccc(C(O)c3ccccc3[N+](=O)[O-])c2)n(-c2cccc(C#N)c2)n1. The predicted octanol–water partition coefficient (Wildman–Crippen LogP) is 4.47. The van der Waals surface area contributed by atoms with Crippen LogP contribution in [-0.2, 0) is 6.42 Å². The van der Waals surface area contributed by atoms with Crippen molar-refractivity contribution in [2.75, 3.05) is 0 Å². The van der Waals surface area contributed by atoms with Crippen LogP contribution in [0.5, 0.6) is 0 Å². The lowest BCUT2D eigenvalue weighted by atomic mass is 9.96. The van der Waals surface area contributed by atoms with Gasteiger partial charge in [0.15, 0.2) is 5.78 Å². The van der Waals surface area contributed by atoms with E-state index >= 15 is 0 Å². The summed E-state index contributed by atoms with van der Waals surface area (Å²) in [5.41, 5.74) is 3.21. The van der Waals surface area contributed by atoms with Crippen LogP contribution < -0.4 is 0 Å². The number of aromatic nitrogens is 2. The number of aryl methyl sites for hydroxylation is 1. The zero-order valence-electron chi connectivity index (χ0n) is 18.3. The first kappa shape index (κ1) is 22.6. The van der Waals surface area contributed by atoms with Gasteiger partial charge < -0.3 is 5.11 Å². The maximum Gasteiger partial charge on any atom is 0.275 e. The van der Waals surface area contributed by atoms with E-state index in [0.29, 0.717) is 33.8 Å². The van der Waals surface area contributed by atoms with E-state index in [4.69, 9.17) is 0 Å². The molecule has 1 heterocycles. The molecule has 1 atom stereocenters. The highest BCUT2D eigenvalue weighted by Crippen LogP contribution is 2.30. The van der Waals surface area contributed by atoms with Gasteiger partial charge in [0, 0.05) is 12.5 Å². The lowest BCUT2D eigenvalue weighted by molar-refractivity contribution is -0.386. The molecule has 0 aliphatic heterocycles. The van der Waals surface area contributed by atoms with Crippen molar-refractivity contribution in [3.05, 3.63) is 123 Å². The van der Waals surface area contributed by atoms with Gasteiger partial charge in [-0.25, -0.2) is 4.68 Å². The summed E-state index contributed by atoms with van der Waals surface area (Å²) in [6.45, 7) is 1.78. The molecule has 4 rings (SSSR count). The Hall–Kier alpha value is -4.61. The molecule has 0 saturated carbocycles. The number of nitro groups is 1. The lowest BCUT2D eigenvalue weighted by Gasteiger charge is -2.13. The zero-order chi connectivity index (χ0) is 24.2. The summed E-state index contributed by atoms with van der Waals surface area (Å²) >= 11 is 0. The Morgan fingerprint density at radius 2 is 1.88 bits per heavy atom. The quantitative estimate of drug-likeness (QED) is 0.251. The number of rotatable bonds is 7. The average molecular weight is 452 g/mol. The maximum absolute atomic E-state index is 13.2. The first-order valence-corrected chi connectivity index (χ1v) is 10.5. The van der Waals surface area contributed by atoms with Gasteiger partial charge in [0.25, 0.3) is 5.69 Å². The third kappa shape index (κ3) is 4.60. The first-order valence-electron chi connectivity index (χ1n) is 10.5. The van der Waals surface area contributed by atoms with E-state index in [-0.39, 0.29) is 23.5 Å². The fourth-order valence-electron chi connectivity index (χ4n) is 3.82. The number of nitriles is 1. The molecule has 8 nitrogen and oxygen atoms in total. The Bertz CT molecular complexity index is 1430. The van der Waals surface area contributed by atoms with Gasteiger partial charge in [0.2, 0.25) is 0 Å². The standard InChI is InChI=1S/C26H20N4O4/c1-17-12-24(29(28-17)21-9-5-7-19(14-21)16-27)25(31)15-18-6-4-8-20(13-18)26(32)22-10-2-3-11-23(22)30(33)34/h2-14,26,32H,15H2,1H3. The first-order chi connectivity index (χ1) is 16.4. The normalized spacial score (nSPS) is 11.6. The largest absolute Gasteiger partial charge is 0.383 e. The molecule has 0 fully saturated rings. The van der Waals surface area contributed by atoms with Gasteiger partial charge in [-0.05, 0) is 48.4 Å². The number of carbonyl (C=O) groups excluding carboxylic acids is 1. The number of para-hydroxylation sites is 1. The third-order valence-corrected chi connectivity index (χ3v) is 5.40. The van der Waals surface area contributed by atoms with E-state index in [9.17, 15) is 25.3 Å². The van der Waals surface area contributed by atoms with Crippen LogP contribution in [0, 0.1) is 28.4 Å². The smallest absolute Gasteiger partial charge is 0.275 e. The Labute approximate surface area is 195 Å². The topological polar surface area (TPSA) is 122 Å². The number of ketones is 1. The summed E-state index contributed by atoms with van der Waals surface area (Å²) in [6, 6.07) is 23.4. The number of carbonyl (C=O) groups is 1. The highest BCUT2D eigenvalue weighted by molar-refractivity contribution is 5.96. The Kier molecular flexibility index (Phi) is 6.30. The second kappa shape index (κ2) is 9.48. The fraction of sp³-hybridized carbons (Fsp3) is 0.115. The molecule has 1 aromatic heterocycles. The van der Waals surface area contributed by atoms with Gasteiger partial charge >= 0.3 is 0 Å². The molecular weight excluding hydrogens is 432 g/mol. The molecule has 1 unspecified atom stereocenters. The van der Waals surface area contributed by atoms with Crippen LogP contribution in [0.4, 0.5) is 5.69 Å². The molecule has 4 aromatic rings. The summed E-state index contributed by atoms with van der Waals surface area (Å²) in [5, 5.41) is 35.8. The van der Waals surface area contributed by atoms with Crippen LogP contribution in [0.25, 0.3) is 5.69 Å². The molecule has 3 aromatic carbocycles. The second-order valence-electron chi connectivity index (χ2n) is 7.81. The number of hydrogen-bond donors (Lipinski definition) is 1. The molecule has 0 aliphatic rings. The molecule has 0 saturated heterocycles. The number of benzene rings is 3. The summed E-state index contributed by atoms with van der Waals surface area (Å²) in [5.74, 6) is -0.194. The Balaban J connectivity index is 1.62. The lowest BCUT2D eigenvalue weighted by Crippen LogP contribution is -2.12. The molecule has 0 amide bonds. The molecule has 8 heteroatoms. The number of hydrogen-bond acceptors (Lipinski definition) is 6. The number of aliphatic hydroxyl groups is 1. The molecule has 1 N–H and O–H groups in total. The van der Waals surface area contributed by atoms with Crippen LogP contribution in [0.2, 0.25) is 0 Å². The number of nitrogens with zero attached hydrogens (tertiary/aromatic N) is 4. The van der Waals surface area contributed by atoms with Gasteiger partial charge in [-0.1, -0.05) is 42.5 Å². The van der Waals surface area contributed by atoms with E-state index in [0.717, 1.165) is 0 Å². The molecule has 0 radical (unpaired) electrons. The summed E-state index contributed by atoms with van der Waals surface area (Å²) < 4.78 is 1.52. The molecule has 0 aliphatic carbocycles.